The predicted octanol–water partition coefficient (Wildman–Crippen LogP) is 3.93. The van der Waals surface area contributed by atoms with Crippen molar-refractivity contribution in [1.82, 2.24) is 4.90 Å². The van der Waals surface area contributed by atoms with Gasteiger partial charge >= 0.3 is 5.97 Å². The number of piperidine rings is 1. The maximum absolute atomic E-state index is 12.8. The van der Waals surface area contributed by atoms with E-state index >= 15 is 0 Å². The summed E-state index contributed by atoms with van der Waals surface area (Å²) in [5.41, 5.74) is 2.69. The summed E-state index contributed by atoms with van der Waals surface area (Å²) in [5, 5.41) is 9.12. The first kappa shape index (κ1) is 18.3. The van der Waals surface area contributed by atoms with E-state index in [4.69, 9.17) is 9.84 Å². The van der Waals surface area contributed by atoms with Crippen LogP contribution in [0.1, 0.15) is 46.9 Å². The van der Waals surface area contributed by atoms with Gasteiger partial charge in [0.1, 0.15) is 12.4 Å². The van der Waals surface area contributed by atoms with E-state index in [1.807, 2.05) is 35.2 Å². The minimum atomic E-state index is -0.942. The minimum Gasteiger partial charge on any atom is -0.489 e. The van der Waals surface area contributed by atoms with Gasteiger partial charge in [0, 0.05) is 24.3 Å². The lowest BCUT2D eigenvalue weighted by Crippen LogP contribution is -2.38. The zero-order valence-electron chi connectivity index (χ0n) is 15.9. The van der Waals surface area contributed by atoms with Crippen LogP contribution in [0.4, 0.5) is 11.4 Å². The first-order valence-corrected chi connectivity index (χ1v) is 9.73. The molecule has 1 N–H and O–H groups in total. The summed E-state index contributed by atoms with van der Waals surface area (Å²) in [6.45, 7) is 4.18. The molecule has 1 saturated heterocycles. The number of fused-ring (bicyclic) bond motifs is 1. The Labute approximate surface area is 164 Å². The van der Waals surface area contributed by atoms with Gasteiger partial charge in [0.05, 0.1) is 17.3 Å². The molecule has 1 atom stereocenters. The van der Waals surface area contributed by atoms with E-state index in [0.717, 1.165) is 37.3 Å². The summed E-state index contributed by atoms with van der Waals surface area (Å²) in [7, 11) is 0. The normalized spacial score (nSPS) is 19.0. The average Bonchev–Trinajstić information content (AvgIpc) is 2.73. The Kier molecular flexibility index (Phi) is 4.94. The Balaban J connectivity index is 1.63. The third-order valence-corrected chi connectivity index (χ3v) is 5.42. The smallest absolute Gasteiger partial charge is 0.335 e. The molecule has 2 heterocycles. The molecule has 4 rings (SSSR count). The number of ether oxygens (including phenoxy) is 1. The number of carbonyl (C=O) groups is 2. The number of hydrogen-bond acceptors (Lipinski definition) is 4. The Morgan fingerprint density at radius 3 is 2.36 bits per heavy atom. The average molecular weight is 380 g/mol. The van der Waals surface area contributed by atoms with Gasteiger partial charge in [-0.15, -0.1) is 0 Å². The van der Waals surface area contributed by atoms with Crippen molar-refractivity contribution >= 4 is 23.3 Å². The maximum Gasteiger partial charge on any atom is 0.335 e. The maximum atomic E-state index is 12.8. The first-order chi connectivity index (χ1) is 13.5. The highest BCUT2D eigenvalue weighted by atomic mass is 16.5. The summed E-state index contributed by atoms with van der Waals surface area (Å²) in [5.74, 6) is -0.201. The van der Waals surface area contributed by atoms with Crippen LogP contribution in [0.15, 0.2) is 42.5 Å². The van der Waals surface area contributed by atoms with Crippen molar-refractivity contribution in [2.24, 2.45) is 0 Å². The van der Waals surface area contributed by atoms with E-state index in [1.54, 1.807) is 12.1 Å². The van der Waals surface area contributed by atoms with Crippen molar-refractivity contribution in [2.75, 3.05) is 24.6 Å². The van der Waals surface area contributed by atoms with Crippen LogP contribution >= 0.6 is 0 Å². The van der Waals surface area contributed by atoms with Gasteiger partial charge < -0.3 is 19.6 Å². The van der Waals surface area contributed by atoms with Crippen molar-refractivity contribution in [1.29, 1.82) is 0 Å². The number of hydrogen-bond donors (Lipinski definition) is 1. The van der Waals surface area contributed by atoms with Crippen molar-refractivity contribution in [3.05, 3.63) is 53.6 Å². The molecule has 6 heteroatoms. The van der Waals surface area contributed by atoms with E-state index in [1.165, 1.54) is 6.42 Å². The van der Waals surface area contributed by atoms with Crippen LogP contribution in [-0.2, 0) is 0 Å². The number of benzene rings is 2. The van der Waals surface area contributed by atoms with Crippen LogP contribution in [0, 0.1) is 0 Å². The first-order valence-electron chi connectivity index (χ1n) is 9.73. The molecule has 0 aliphatic carbocycles. The number of anilines is 2. The van der Waals surface area contributed by atoms with E-state index in [-0.39, 0.29) is 17.5 Å². The monoisotopic (exact) mass is 380 g/mol. The number of carboxylic acid groups (broad SMARTS) is 1. The number of nitrogens with zero attached hydrogens (tertiary/aromatic N) is 2. The van der Waals surface area contributed by atoms with E-state index < -0.39 is 5.97 Å². The van der Waals surface area contributed by atoms with Gasteiger partial charge in [-0.2, -0.15) is 0 Å². The molecule has 0 unspecified atom stereocenters. The number of likely N-dealkylation sites (tertiary alicyclic amines) is 1. The Hall–Kier alpha value is -3.02. The molecule has 2 aromatic carbocycles. The van der Waals surface area contributed by atoms with Crippen LogP contribution in [-0.4, -0.2) is 47.6 Å². The molecule has 2 aliphatic heterocycles. The minimum absolute atomic E-state index is 0.0575. The molecule has 28 heavy (non-hydrogen) atoms. The van der Waals surface area contributed by atoms with Gasteiger partial charge in [0.15, 0.2) is 0 Å². The molecule has 0 aromatic heterocycles. The van der Waals surface area contributed by atoms with Crippen molar-refractivity contribution < 1.29 is 19.4 Å². The molecule has 0 spiro atoms. The highest BCUT2D eigenvalue weighted by Crippen LogP contribution is 2.40. The fourth-order valence-corrected chi connectivity index (χ4v) is 3.92. The van der Waals surface area contributed by atoms with Gasteiger partial charge in [-0.1, -0.05) is 0 Å². The SMILES string of the molecule is C[C@@H]1COc2cc(C(=O)N3CCCCC3)ccc2N1c1ccc(C(=O)O)cc1. The number of amides is 1. The molecule has 0 radical (unpaired) electrons. The third kappa shape index (κ3) is 3.42. The van der Waals surface area contributed by atoms with Crippen LogP contribution in [0.5, 0.6) is 5.75 Å². The number of carbonyl (C=O) groups excluding carboxylic acids is 1. The van der Waals surface area contributed by atoms with Gasteiger partial charge in [-0.05, 0) is 68.7 Å². The molecule has 2 aliphatic rings. The molecular weight excluding hydrogens is 356 g/mol. The van der Waals surface area contributed by atoms with Gasteiger partial charge in [0.2, 0.25) is 0 Å². The summed E-state index contributed by atoms with van der Waals surface area (Å²) < 4.78 is 5.92. The van der Waals surface area contributed by atoms with Crippen LogP contribution in [0.25, 0.3) is 0 Å². The highest BCUT2D eigenvalue weighted by molar-refractivity contribution is 5.96. The second-order valence-electron chi connectivity index (χ2n) is 7.42. The molecule has 6 nitrogen and oxygen atoms in total. The molecule has 0 bridgehead atoms. The van der Waals surface area contributed by atoms with Gasteiger partial charge in [-0.3, -0.25) is 4.79 Å². The molecule has 146 valence electrons. The standard InChI is InChI=1S/C22H24N2O4/c1-15-14-28-20-13-17(21(25)23-11-3-2-4-12-23)7-10-19(20)24(15)18-8-5-16(6-9-18)22(26)27/h5-10,13,15H,2-4,11-12,14H2,1H3,(H,26,27)/t15-/m1/s1. The second-order valence-corrected chi connectivity index (χ2v) is 7.42. The van der Waals surface area contributed by atoms with Crippen molar-refractivity contribution in [3.63, 3.8) is 0 Å². The van der Waals surface area contributed by atoms with E-state index in [2.05, 4.69) is 11.8 Å². The predicted molar refractivity (Wildman–Crippen MR) is 107 cm³/mol. The van der Waals surface area contributed by atoms with Crippen LogP contribution < -0.4 is 9.64 Å². The lowest BCUT2D eigenvalue weighted by Gasteiger charge is -2.37. The van der Waals surface area contributed by atoms with Crippen molar-refractivity contribution in [3.8, 4) is 5.75 Å². The Morgan fingerprint density at radius 2 is 1.68 bits per heavy atom. The fraction of sp³-hybridized carbons (Fsp3) is 0.364. The summed E-state index contributed by atoms with van der Waals surface area (Å²) in [6, 6.07) is 12.5. The topological polar surface area (TPSA) is 70.1 Å². The third-order valence-electron chi connectivity index (χ3n) is 5.42. The van der Waals surface area contributed by atoms with Crippen molar-refractivity contribution in [2.45, 2.75) is 32.2 Å². The number of aromatic carboxylic acids is 1. The Bertz CT molecular complexity index is 888. The number of carboxylic acids is 1. The summed E-state index contributed by atoms with van der Waals surface area (Å²) >= 11 is 0. The number of rotatable bonds is 3. The Morgan fingerprint density at radius 1 is 1.00 bits per heavy atom. The van der Waals surface area contributed by atoms with E-state index in [9.17, 15) is 9.59 Å². The second kappa shape index (κ2) is 7.54. The molecule has 0 saturated carbocycles. The van der Waals surface area contributed by atoms with Gasteiger partial charge in [0.25, 0.3) is 5.91 Å². The lowest BCUT2D eigenvalue weighted by molar-refractivity contribution is 0.0694. The fourth-order valence-electron chi connectivity index (χ4n) is 3.92. The zero-order chi connectivity index (χ0) is 19.7. The van der Waals surface area contributed by atoms with E-state index in [0.29, 0.717) is 17.9 Å². The quantitative estimate of drug-likeness (QED) is 0.874. The van der Waals surface area contributed by atoms with Crippen LogP contribution in [0.2, 0.25) is 0 Å². The van der Waals surface area contributed by atoms with Crippen LogP contribution in [0.3, 0.4) is 0 Å². The summed E-state index contributed by atoms with van der Waals surface area (Å²) in [4.78, 5) is 28.0. The highest BCUT2D eigenvalue weighted by Gasteiger charge is 2.28. The molecule has 1 amide bonds. The summed E-state index contributed by atoms with van der Waals surface area (Å²) in [6.07, 6.45) is 3.31. The molecular formula is C22H24N2O4. The molecule has 2 aromatic rings. The lowest BCUT2D eigenvalue weighted by atomic mass is 10.1. The molecule has 1 fully saturated rings. The van der Waals surface area contributed by atoms with Gasteiger partial charge in [-0.25, -0.2) is 4.79 Å². The largest absolute Gasteiger partial charge is 0.489 e. The zero-order valence-corrected chi connectivity index (χ0v) is 15.9.